The minimum atomic E-state index is 0.650. The highest BCUT2D eigenvalue weighted by atomic mass is 15.5. The lowest BCUT2D eigenvalue weighted by molar-refractivity contribution is 0.425. The summed E-state index contributed by atoms with van der Waals surface area (Å²) in [6, 6.07) is 18.2. The van der Waals surface area contributed by atoms with Crippen molar-refractivity contribution >= 4 is 5.69 Å². The van der Waals surface area contributed by atoms with Gasteiger partial charge in [-0.1, -0.05) is 12.1 Å². The highest BCUT2D eigenvalue weighted by Crippen LogP contribution is 2.33. The SMILES string of the molecule is CN(C)CCNc1ccc2c(c1)Cn1cc(-c3ccc(C#N)cc3)cc1-c1nnnn1-2. The van der Waals surface area contributed by atoms with Gasteiger partial charge in [-0.3, -0.25) is 0 Å². The lowest BCUT2D eigenvalue weighted by Gasteiger charge is -2.14. The van der Waals surface area contributed by atoms with Crippen molar-refractivity contribution in [3.63, 3.8) is 0 Å². The van der Waals surface area contributed by atoms with Gasteiger partial charge in [0.15, 0.2) is 0 Å². The molecule has 8 nitrogen and oxygen atoms in total. The molecule has 0 atom stereocenters. The Morgan fingerprint density at radius 1 is 1.10 bits per heavy atom. The fraction of sp³-hybridized carbons (Fsp3) is 0.217. The molecule has 0 unspecified atom stereocenters. The van der Waals surface area contributed by atoms with Gasteiger partial charge >= 0.3 is 0 Å². The first-order valence-corrected chi connectivity index (χ1v) is 10.1. The van der Waals surface area contributed by atoms with Crippen LogP contribution in [-0.2, 0) is 6.54 Å². The number of benzene rings is 2. The van der Waals surface area contributed by atoms with Gasteiger partial charge in [-0.2, -0.15) is 9.94 Å². The van der Waals surface area contributed by atoms with Crippen LogP contribution in [0.3, 0.4) is 0 Å². The summed E-state index contributed by atoms with van der Waals surface area (Å²) < 4.78 is 3.99. The summed E-state index contributed by atoms with van der Waals surface area (Å²) >= 11 is 0. The Morgan fingerprint density at radius 3 is 2.71 bits per heavy atom. The van der Waals surface area contributed by atoms with Crippen LogP contribution >= 0.6 is 0 Å². The van der Waals surface area contributed by atoms with Gasteiger partial charge in [0.05, 0.1) is 23.0 Å². The molecule has 5 rings (SSSR count). The maximum Gasteiger partial charge on any atom is 0.203 e. The molecule has 154 valence electrons. The molecule has 4 aromatic rings. The van der Waals surface area contributed by atoms with Gasteiger partial charge in [0.25, 0.3) is 0 Å². The summed E-state index contributed by atoms with van der Waals surface area (Å²) in [5, 5.41) is 25.0. The third kappa shape index (κ3) is 3.56. The Morgan fingerprint density at radius 2 is 1.94 bits per heavy atom. The number of fused-ring (bicyclic) bond motifs is 5. The van der Waals surface area contributed by atoms with E-state index in [9.17, 15) is 0 Å². The van der Waals surface area contributed by atoms with Gasteiger partial charge in [-0.05, 0) is 72.0 Å². The zero-order chi connectivity index (χ0) is 21.4. The van der Waals surface area contributed by atoms with Crippen LogP contribution in [0.5, 0.6) is 0 Å². The summed E-state index contributed by atoms with van der Waals surface area (Å²) in [5.41, 5.74) is 6.94. The van der Waals surface area contributed by atoms with Crippen LogP contribution in [0.1, 0.15) is 11.1 Å². The normalized spacial score (nSPS) is 11.9. The first-order chi connectivity index (χ1) is 15.1. The lowest BCUT2D eigenvalue weighted by atomic mass is 10.1. The van der Waals surface area contributed by atoms with Crippen molar-refractivity contribution in [2.45, 2.75) is 6.54 Å². The number of aromatic nitrogens is 5. The van der Waals surface area contributed by atoms with Crippen LogP contribution in [0.2, 0.25) is 0 Å². The van der Waals surface area contributed by atoms with Crippen LogP contribution in [0.4, 0.5) is 5.69 Å². The second-order valence-electron chi connectivity index (χ2n) is 7.92. The molecule has 0 fully saturated rings. The van der Waals surface area contributed by atoms with Crippen LogP contribution < -0.4 is 5.32 Å². The van der Waals surface area contributed by atoms with Crippen molar-refractivity contribution < 1.29 is 0 Å². The fourth-order valence-corrected chi connectivity index (χ4v) is 3.87. The Kier molecular flexibility index (Phi) is 4.73. The number of nitriles is 1. The fourth-order valence-electron chi connectivity index (χ4n) is 3.87. The molecule has 1 aliphatic heterocycles. The number of rotatable bonds is 5. The van der Waals surface area contributed by atoms with Gasteiger partial charge in [-0.25, -0.2) is 0 Å². The number of anilines is 1. The average molecular weight is 410 g/mol. The van der Waals surface area contributed by atoms with Crippen molar-refractivity contribution in [1.29, 1.82) is 5.26 Å². The minimum Gasteiger partial charge on any atom is -0.384 e. The molecule has 0 radical (unpaired) electrons. The van der Waals surface area contributed by atoms with Crippen LogP contribution in [-0.4, -0.2) is 56.9 Å². The number of nitrogens with one attached hydrogen (secondary N) is 1. The summed E-state index contributed by atoms with van der Waals surface area (Å²) in [4.78, 5) is 2.15. The average Bonchev–Trinajstić information content (AvgIpc) is 3.39. The van der Waals surface area contributed by atoms with Crippen molar-refractivity contribution in [1.82, 2.24) is 29.7 Å². The van der Waals surface area contributed by atoms with Crippen LogP contribution in [0.25, 0.3) is 28.3 Å². The molecule has 31 heavy (non-hydrogen) atoms. The van der Waals surface area contributed by atoms with E-state index in [1.165, 1.54) is 0 Å². The minimum absolute atomic E-state index is 0.650. The van der Waals surface area contributed by atoms with E-state index in [4.69, 9.17) is 5.26 Å². The molecule has 0 spiro atoms. The molecule has 0 aliphatic carbocycles. The molecule has 0 bridgehead atoms. The number of nitrogens with zero attached hydrogens (tertiary/aromatic N) is 7. The maximum absolute atomic E-state index is 9.06. The standard InChI is InChI=1S/C23H22N8/c1-29(2)10-9-25-20-7-8-21-19(11-20)15-30-14-18(17-5-3-16(13-24)4-6-17)12-22(30)23-26-27-28-31(21)23/h3-8,11-12,14,25H,9-10,15H2,1-2H3. The zero-order valence-corrected chi connectivity index (χ0v) is 17.4. The maximum atomic E-state index is 9.06. The molecule has 2 aromatic heterocycles. The van der Waals surface area contributed by atoms with E-state index in [1.807, 2.05) is 24.3 Å². The highest BCUT2D eigenvalue weighted by Gasteiger charge is 2.23. The summed E-state index contributed by atoms with van der Waals surface area (Å²) in [7, 11) is 4.13. The van der Waals surface area contributed by atoms with E-state index in [0.717, 1.165) is 46.8 Å². The Balaban J connectivity index is 1.53. The largest absolute Gasteiger partial charge is 0.384 e. The molecular weight excluding hydrogens is 388 g/mol. The second kappa shape index (κ2) is 7.70. The molecule has 3 heterocycles. The van der Waals surface area contributed by atoms with Crippen LogP contribution in [0.15, 0.2) is 54.7 Å². The van der Waals surface area contributed by atoms with E-state index >= 15 is 0 Å². The monoisotopic (exact) mass is 410 g/mol. The lowest BCUT2D eigenvalue weighted by Crippen LogP contribution is -2.20. The van der Waals surface area contributed by atoms with Gasteiger partial charge in [0.1, 0.15) is 0 Å². The number of tetrazole rings is 1. The first kappa shape index (κ1) is 19.0. The van der Waals surface area contributed by atoms with Crippen molar-refractivity contribution in [3.8, 4) is 34.4 Å². The molecule has 0 saturated heterocycles. The van der Waals surface area contributed by atoms with Crippen LogP contribution in [0, 0.1) is 11.3 Å². The van der Waals surface area contributed by atoms with E-state index < -0.39 is 0 Å². The van der Waals surface area contributed by atoms with Crippen molar-refractivity contribution in [2.24, 2.45) is 0 Å². The molecule has 1 aliphatic rings. The van der Waals surface area contributed by atoms with E-state index in [2.05, 4.69) is 80.9 Å². The zero-order valence-electron chi connectivity index (χ0n) is 17.4. The Bertz CT molecular complexity index is 1270. The molecule has 0 amide bonds. The van der Waals surface area contributed by atoms with Crippen molar-refractivity contribution in [2.75, 3.05) is 32.5 Å². The number of hydrogen-bond acceptors (Lipinski definition) is 6. The quantitative estimate of drug-likeness (QED) is 0.479. The molecule has 0 saturated carbocycles. The highest BCUT2D eigenvalue weighted by molar-refractivity contribution is 5.72. The van der Waals surface area contributed by atoms with Gasteiger partial charge in [-0.15, -0.1) is 5.10 Å². The molecular formula is C23H22N8. The summed E-state index contributed by atoms with van der Waals surface area (Å²) in [6.45, 7) is 2.54. The van der Waals surface area contributed by atoms with E-state index in [-0.39, 0.29) is 0 Å². The summed E-state index contributed by atoms with van der Waals surface area (Å²) in [5.74, 6) is 0.715. The Labute approximate surface area is 180 Å². The van der Waals surface area contributed by atoms with Gasteiger partial charge in [0, 0.05) is 37.1 Å². The second-order valence-corrected chi connectivity index (χ2v) is 7.92. The third-order valence-corrected chi connectivity index (χ3v) is 5.48. The molecule has 1 N–H and O–H groups in total. The third-order valence-electron chi connectivity index (χ3n) is 5.48. The van der Waals surface area contributed by atoms with E-state index in [1.54, 1.807) is 4.68 Å². The smallest absolute Gasteiger partial charge is 0.203 e. The number of hydrogen-bond donors (Lipinski definition) is 1. The van der Waals surface area contributed by atoms with Gasteiger partial charge < -0.3 is 14.8 Å². The van der Waals surface area contributed by atoms with E-state index in [0.29, 0.717) is 17.9 Å². The number of likely N-dealkylation sites (N-methyl/N-ethyl adjacent to an activating group) is 1. The summed E-state index contributed by atoms with van der Waals surface area (Å²) in [6.07, 6.45) is 2.12. The molecule has 2 aromatic carbocycles. The first-order valence-electron chi connectivity index (χ1n) is 10.1. The van der Waals surface area contributed by atoms with Gasteiger partial charge in [0.2, 0.25) is 5.82 Å². The Hall–Kier alpha value is -3.96. The predicted octanol–water partition coefficient (Wildman–Crippen LogP) is 3.00. The molecule has 8 heteroatoms. The topological polar surface area (TPSA) is 87.6 Å². The van der Waals surface area contributed by atoms with Crippen molar-refractivity contribution in [3.05, 3.63) is 65.9 Å². The predicted molar refractivity (Wildman–Crippen MR) is 119 cm³/mol.